The van der Waals surface area contributed by atoms with Gasteiger partial charge in [-0.2, -0.15) is 4.37 Å². The van der Waals surface area contributed by atoms with Crippen molar-refractivity contribution in [1.29, 1.82) is 0 Å². The normalized spacial score (nSPS) is 17.8. The van der Waals surface area contributed by atoms with E-state index >= 15 is 0 Å². The highest BCUT2D eigenvalue weighted by molar-refractivity contribution is 7.11. The van der Waals surface area contributed by atoms with Gasteiger partial charge < -0.3 is 16.2 Å². The highest BCUT2D eigenvalue weighted by atomic mass is 32.1. The quantitative estimate of drug-likeness (QED) is 0.804. The lowest BCUT2D eigenvalue weighted by Crippen LogP contribution is -2.38. The van der Waals surface area contributed by atoms with Gasteiger partial charge in [0.1, 0.15) is 10.8 Å². The number of hydrogen-bond acceptors (Lipinski definition) is 7. The smallest absolute Gasteiger partial charge is 0.148 e. The van der Waals surface area contributed by atoms with Gasteiger partial charge in [0.25, 0.3) is 0 Å². The minimum atomic E-state index is -0.605. The van der Waals surface area contributed by atoms with Crippen molar-refractivity contribution in [2.24, 2.45) is 0 Å². The summed E-state index contributed by atoms with van der Waals surface area (Å²) in [4.78, 5) is 4.49. The number of nitrogens with two attached hydrogens (primary N) is 1. The largest absolute Gasteiger partial charge is 0.388 e. The van der Waals surface area contributed by atoms with Crippen LogP contribution >= 0.6 is 22.9 Å². The average Bonchev–Trinajstić information content (AvgIpc) is 3.03. The fourth-order valence-corrected chi connectivity index (χ4v) is 4.10. The minimum absolute atomic E-state index is 0.503. The topological polar surface area (TPSA) is 84.1 Å². The summed E-state index contributed by atoms with van der Waals surface area (Å²) in [5.74, 6) is 0.503. The van der Waals surface area contributed by atoms with Crippen LogP contribution in [0, 0.1) is 6.92 Å². The van der Waals surface area contributed by atoms with Gasteiger partial charge in [0.2, 0.25) is 0 Å². The van der Waals surface area contributed by atoms with Crippen LogP contribution in [-0.4, -0.2) is 26.6 Å². The van der Waals surface area contributed by atoms with Crippen molar-refractivity contribution in [2.75, 3.05) is 17.6 Å². The SMILES string of the molecule is Cc1nc(-c2c(N)nsc2NCC2(O)CCCCC2)cs1. The Balaban J connectivity index is 1.77. The lowest BCUT2D eigenvalue weighted by molar-refractivity contribution is 0.0168. The van der Waals surface area contributed by atoms with Crippen LogP contribution in [0.4, 0.5) is 10.8 Å². The maximum absolute atomic E-state index is 10.6. The monoisotopic (exact) mass is 324 g/mol. The maximum atomic E-state index is 10.6. The van der Waals surface area contributed by atoms with Crippen molar-refractivity contribution in [3.05, 3.63) is 10.4 Å². The van der Waals surface area contributed by atoms with Crippen molar-refractivity contribution in [3.8, 4) is 11.3 Å². The van der Waals surface area contributed by atoms with E-state index in [2.05, 4.69) is 14.7 Å². The molecule has 7 heteroatoms. The first-order valence-corrected chi connectivity index (χ1v) is 8.87. The molecule has 4 N–H and O–H groups in total. The second-order valence-corrected chi connectivity index (χ2v) is 7.50. The molecule has 0 spiro atoms. The van der Waals surface area contributed by atoms with Crippen molar-refractivity contribution in [2.45, 2.75) is 44.6 Å². The first kappa shape index (κ1) is 14.7. The molecule has 1 saturated carbocycles. The summed E-state index contributed by atoms with van der Waals surface area (Å²) in [5, 5.41) is 17.8. The highest BCUT2D eigenvalue weighted by Crippen LogP contribution is 2.38. The van der Waals surface area contributed by atoms with E-state index in [1.807, 2.05) is 12.3 Å². The van der Waals surface area contributed by atoms with Crippen LogP contribution in [-0.2, 0) is 0 Å². The van der Waals surface area contributed by atoms with Gasteiger partial charge in [-0.25, -0.2) is 4.98 Å². The number of nitrogen functional groups attached to an aromatic ring is 1. The van der Waals surface area contributed by atoms with Gasteiger partial charge in [-0.3, -0.25) is 0 Å². The molecule has 5 nitrogen and oxygen atoms in total. The van der Waals surface area contributed by atoms with Gasteiger partial charge in [0.15, 0.2) is 0 Å². The molecule has 21 heavy (non-hydrogen) atoms. The van der Waals surface area contributed by atoms with Crippen molar-refractivity contribution in [1.82, 2.24) is 9.36 Å². The predicted octanol–water partition coefficient (Wildman–Crippen LogP) is 3.26. The van der Waals surface area contributed by atoms with E-state index in [0.717, 1.165) is 46.9 Å². The Morgan fingerprint density at radius 3 is 2.81 bits per heavy atom. The van der Waals surface area contributed by atoms with Crippen molar-refractivity contribution < 1.29 is 5.11 Å². The Hall–Kier alpha value is -1.18. The van der Waals surface area contributed by atoms with Crippen molar-refractivity contribution >= 4 is 33.7 Å². The van der Waals surface area contributed by atoms with Crippen LogP contribution in [0.1, 0.15) is 37.1 Å². The maximum Gasteiger partial charge on any atom is 0.148 e. The fourth-order valence-electron chi connectivity index (χ4n) is 2.78. The molecule has 0 aliphatic heterocycles. The number of aromatic nitrogens is 2. The number of thiazole rings is 1. The Kier molecular flexibility index (Phi) is 4.14. The van der Waals surface area contributed by atoms with E-state index in [-0.39, 0.29) is 0 Å². The molecule has 0 bridgehead atoms. The third-order valence-corrected chi connectivity index (χ3v) is 5.55. The molecule has 0 unspecified atom stereocenters. The first-order chi connectivity index (χ1) is 10.1. The number of hydrogen-bond donors (Lipinski definition) is 3. The molecule has 1 fully saturated rings. The van der Waals surface area contributed by atoms with Crippen LogP contribution in [0.2, 0.25) is 0 Å². The average molecular weight is 324 g/mol. The third-order valence-electron chi connectivity index (χ3n) is 3.96. The second-order valence-electron chi connectivity index (χ2n) is 5.66. The van der Waals surface area contributed by atoms with Crippen LogP contribution in [0.5, 0.6) is 0 Å². The molecule has 3 rings (SSSR count). The Labute approximate surface area is 132 Å². The van der Waals surface area contributed by atoms with Crippen molar-refractivity contribution in [3.63, 3.8) is 0 Å². The van der Waals surface area contributed by atoms with Crippen LogP contribution in [0.15, 0.2) is 5.38 Å². The molecule has 2 aromatic rings. The van der Waals surface area contributed by atoms with Crippen LogP contribution in [0.25, 0.3) is 11.3 Å². The van der Waals surface area contributed by atoms with E-state index < -0.39 is 5.60 Å². The first-order valence-electron chi connectivity index (χ1n) is 7.21. The fraction of sp³-hybridized carbons (Fsp3) is 0.571. The molecular weight excluding hydrogens is 304 g/mol. The van der Waals surface area contributed by atoms with E-state index in [1.54, 1.807) is 11.3 Å². The summed E-state index contributed by atoms with van der Waals surface area (Å²) >= 11 is 2.93. The summed E-state index contributed by atoms with van der Waals surface area (Å²) in [5.41, 5.74) is 7.11. The van der Waals surface area contributed by atoms with Gasteiger partial charge in [-0.15, -0.1) is 11.3 Å². The zero-order valence-corrected chi connectivity index (χ0v) is 13.7. The summed E-state index contributed by atoms with van der Waals surface area (Å²) < 4.78 is 4.23. The van der Waals surface area contributed by atoms with E-state index in [9.17, 15) is 5.11 Å². The summed E-state index contributed by atoms with van der Waals surface area (Å²) in [6, 6.07) is 0. The lowest BCUT2D eigenvalue weighted by Gasteiger charge is -2.32. The molecule has 1 aliphatic rings. The van der Waals surface area contributed by atoms with Gasteiger partial charge in [0.05, 0.1) is 21.9 Å². The zero-order chi connectivity index (χ0) is 14.9. The Morgan fingerprint density at radius 1 is 1.38 bits per heavy atom. The number of rotatable bonds is 4. The number of aryl methyl sites for hydroxylation is 1. The lowest BCUT2D eigenvalue weighted by atomic mass is 9.85. The van der Waals surface area contributed by atoms with E-state index in [4.69, 9.17) is 5.73 Å². The molecule has 0 saturated heterocycles. The second kappa shape index (κ2) is 5.90. The highest BCUT2D eigenvalue weighted by Gasteiger charge is 2.29. The number of nitrogens with one attached hydrogen (secondary N) is 1. The summed E-state index contributed by atoms with van der Waals surface area (Å²) in [7, 11) is 0. The predicted molar refractivity (Wildman–Crippen MR) is 88.9 cm³/mol. The Morgan fingerprint density at radius 2 is 2.14 bits per heavy atom. The Bertz CT molecular complexity index is 616. The van der Waals surface area contributed by atoms with E-state index in [0.29, 0.717) is 12.4 Å². The molecule has 1 aliphatic carbocycles. The molecule has 0 radical (unpaired) electrons. The zero-order valence-electron chi connectivity index (χ0n) is 12.1. The number of nitrogens with zero attached hydrogens (tertiary/aromatic N) is 2. The minimum Gasteiger partial charge on any atom is -0.388 e. The standard InChI is InChI=1S/C14H20N4OS2/c1-9-17-10(7-20-9)11-12(15)18-21-13(11)16-8-14(19)5-3-2-4-6-14/h7,16,19H,2-6,8H2,1H3,(H2,15,18). The number of anilines is 2. The molecule has 2 aromatic heterocycles. The molecule has 114 valence electrons. The molecular formula is C14H20N4OS2. The van der Waals surface area contributed by atoms with Gasteiger partial charge in [-0.05, 0) is 31.3 Å². The third kappa shape index (κ3) is 3.20. The number of aliphatic hydroxyl groups is 1. The van der Waals surface area contributed by atoms with Gasteiger partial charge >= 0.3 is 0 Å². The summed E-state index contributed by atoms with van der Waals surface area (Å²) in [6.45, 7) is 2.52. The van der Waals surface area contributed by atoms with Crippen LogP contribution < -0.4 is 11.1 Å². The van der Waals surface area contributed by atoms with Crippen LogP contribution in [0.3, 0.4) is 0 Å². The molecule has 2 heterocycles. The summed E-state index contributed by atoms with van der Waals surface area (Å²) in [6.07, 6.45) is 5.14. The van der Waals surface area contributed by atoms with E-state index in [1.165, 1.54) is 18.0 Å². The molecule has 0 amide bonds. The van der Waals surface area contributed by atoms with Gasteiger partial charge in [0, 0.05) is 11.9 Å². The van der Waals surface area contributed by atoms with Gasteiger partial charge in [-0.1, -0.05) is 19.3 Å². The molecule has 0 aromatic carbocycles. The molecule has 0 atom stereocenters.